The fourth-order valence-electron chi connectivity index (χ4n) is 2.62. The molecule has 0 aromatic carbocycles. The molecule has 2 N–H and O–H groups in total. The zero-order valence-corrected chi connectivity index (χ0v) is 16.9. The number of carbonyl (C=O) groups is 2. The number of anilines is 1. The van der Waals surface area contributed by atoms with Gasteiger partial charge < -0.3 is 19.8 Å². The maximum Gasteiger partial charge on any atom is 0.183 e. The monoisotopic (exact) mass is 403 g/mol. The molecule has 8 heteroatoms. The first-order valence-electron chi connectivity index (χ1n) is 8.97. The third kappa shape index (κ3) is 5.64. The predicted molar refractivity (Wildman–Crippen MR) is 110 cm³/mol. The van der Waals surface area contributed by atoms with Gasteiger partial charge in [-0.05, 0) is 38.1 Å². The van der Waals surface area contributed by atoms with E-state index in [-0.39, 0.29) is 11.7 Å². The van der Waals surface area contributed by atoms with Crippen molar-refractivity contribution in [3.05, 3.63) is 47.8 Å². The van der Waals surface area contributed by atoms with Gasteiger partial charge in [0.15, 0.2) is 23.0 Å². The molecule has 0 spiro atoms. The van der Waals surface area contributed by atoms with E-state index in [4.69, 9.17) is 9.15 Å². The van der Waals surface area contributed by atoms with Crippen LogP contribution in [0.2, 0.25) is 0 Å². The van der Waals surface area contributed by atoms with E-state index in [1.54, 1.807) is 32.4 Å². The summed E-state index contributed by atoms with van der Waals surface area (Å²) < 4.78 is 10.7. The number of ether oxygens (including phenoxy) is 1. The number of aldehydes is 1. The van der Waals surface area contributed by atoms with E-state index in [9.17, 15) is 9.59 Å². The molecule has 7 nitrogen and oxygen atoms in total. The van der Waals surface area contributed by atoms with E-state index in [0.29, 0.717) is 35.2 Å². The molecule has 1 aliphatic rings. The first-order valence-corrected chi connectivity index (χ1v) is 9.79. The number of allylic oxidation sites excluding steroid dienone is 2. The van der Waals surface area contributed by atoms with Crippen molar-refractivity contribution in [2.75, 3.05) is 25.6 Å². The molecule has 3 rings (SSSR count). The number of ketones is 1. The number of thiazole rings is 1. The molecule has 150 valence electrons. The summed E-state index contributed by atoms with van der Waals surface area (Å²) in [6.07, 6.45) is 7.03. The highest BCUT2D eigenvalue weighted by Crippen LogP contribution is 2.34. The Morgan fingerprint density at radius 3 is 2.64 bits per heavy atom. The summed E-state index contributed by atoms with van der Waals surface area (Å²) in [5.41, 5.74) is 1.18. The summed E-state index contributed by atoms with van der Waals surface area (Å²) in [4.78, 5) is 27.8. The fourth-order valence-corrected chi connectivity index (χ4v) is 3.57. The minimum Gasteiger partial charge on any atom is -0.463 e. The lowest BCUT2D eigenvalue weighted by molar-refractivity contribution is -0.105. The van der Waals surface area contributed by atoms with Crippen LogP contribution in [-0.2, 0) is 9.53 Å². The summed E-state index contributed by atoms with van der Waals surface area (Å²) in [6.45, 7) is 6.48. The number of furan rings is 1. The molecule has 3 heterocycles. The van der Waals surface area contributed by atoms with Crippen molar-refractivity contribution in [3.63, 3.8) is 0 Å². The molecule has 0 unspecified atom stereocenters. The van der Waals surface area contributed by atoms with Crippen molar-refractivity contribution in [2.24, 2.45) is 5.92 Å². The largest absolute Gasteiger partial charge is 0.463 e. The van der Waals surface area contributed by atoms with Crippen molar-refractivity contribution in [1.29, 1.82) is 0 Å². The molecule has 28 heavy (non-hydrogen) atoms. The molecule has 0 atom stereocenters. The van der Waals surface area contributed by atoms with Gasteiger partial charge in [-0.3, -0.25) is 9.59 Å². The molecule has 2 aromatic rings. The van der Waals surface area contributed by atoms with Crippen LogP contribution in [0.25, 0.3) is 11.5 Å². The van der Waals surface area contributed by atoms with E-state index in [0.717, 1.165) is 24.3 Å². The molecule has 1 aliphatic heterocycles. The molecule has 0 aliphatic carbocycles. The van der Waals surface area contributed by atoms with Crippen molar-refractivity contribution in [3.8, 4) is 11.5 Å². The zero-order valence-electron chi connectivity index (χ0n) is 16.1. The predicted octanol–water partition coefficient (Wildman–Crippen LogP) is 3.88. The number of hydrogen-bond acceptors (Lipinski definition) is 8. The van der Waals surface area contributed by atoms with Gasteiger partial charge in [0.25, 0.3) is 0 Å². The molecule has 0 amide bonds. The highest BCUT2D eigenvalue weighted by atomic mass is 32.1. The van der Waals surface area contributed by atoms with Crippen LogP contribution < -0.4 is 10.6 Å². The van der Waals surface area contributed by atoms with Gasteiger partial charge >= 0.3 is 0 Å². The molecule has 0 radical (unpaired) electrons. The number of aromatic nitrogens is 1. The standard InChI is InChI=1S/C14H16N2O3S.C6H9NO/c1-15-14-16-11(10-3-2-6-19-10)13(20-14)12(17)9-4-7-18-8-5-9;1-3-6(5-8)7-4-2/h2-3,6,9H,4-5,7-8H2,1H3,(H,15,16);3-5,7H,2H2,1H3/b;6-3-. The Morgan fingerprint density at radius 1 is 1.39 bits per heavy atom. The minimum atomic E-state index is 0.0302. The average molecular weight is 404 g/mol. The number of Topliss-reactive ketones (excluding diaryl/α,β-unsaturated/α-hetero) is 1. The first-order chi connectivity index (χ1) is 13.6. The highest BCUT2D eigenvalue weighted by molar-refractivity contribution is 7.18. The van der Waals surface area contributed by atoms with Gasteiger partial charge in [0.1, 0.15) is 10.6 Å². The molecule has 2 aromatic heterocycles. The summed E-state index contributed by atoms with van der Waals surface area (Å²) in [5, 5.41) is 6.36. The second kappa shape index (κ2) is 11.2. The number of carbonyl (C=O) groups excluding carboxylic acids is 2. The second-order valence-corrected chi connectivity index (χ2v) is 6.88. The van der Waals surface area contributed by atoms with Crippen LogP contribution in [0.4, 0.5) is 5.13 Å². The molecular weight excluding hydrogens is 378 g/mol. The average Bonchev–Trinajstić information content (AvgIpc) is 3.42. The lowest BCUT2D eigenvalue weighted by Crippen LogP contribution is -2.23. The van der Waals surface area contributed by atoms with Crippen LogP contribution >= 0.6 is 11.3 Å². The third-order valence-corrected chi connectivity index (χ3v) is 5.21. The van der Waals surface area contributed by atoms with Gasteiger partial charge in [-0.2, -0.15) is 0 Å². The number of rotatable bonds is 7. The molecule has 1 fully saturated rings. The number of nitrogens with zero attached hydrogens (tertiary/aromatic N) is 1. The summed E-state index contributed by atoms with van der Waals surface area (Å²) in [7, 11) is 1.80. The zero-order chi connectivity index (χ0) is 20.4. The Kier molecular flexibility index (Phi) is 8.64. The maximum absolute atomic E-state index is 12.7. The minimum absolute atomic E-state index is 0.0302. The van der Waals surface area contributed by atoms with Crippen LogP contribution in [0.5, 0.6) is 0 Å². The second-order valence-electron chi connectivity index (χ2n) is 5.89. The summed E-state index contributed by atoms with van der Waals surface area (Å²) >= 11 is 1.39. The summed E-state index contributed by atoms with van der Waals surface area (Å²) in [5.74, 6) is 0.819. The van der Waals surface area contributed by atoms with E-state index in [1.165, 1.54) is 17.5 Å². The van der Waals surface area contributed by atoms with Gasteiger partial charge in [0.2, 0.25) is 0 Å². The van der Waals surface area contributed by atoms with E-state index in [2.05, 4.69) is 22.2 Å². The SMILES string of the molecule is C=CN/C(C=O)=C\C.CNc1nc(-c2ccco2)c(C(=O)C2CCOCC2)s1. The first kappa shape index (κ1) is 21.6. The third-order valence-electron chi connectivity index (χ3n) is 4.12. The Balaban J connectivity index is 0.000000300. The Labute approximate surface area is 168 Å². The Bertz CT molecular complexity index is 806. The van der Waals surface area contributed by atoms with Crippen LogP contribution in [0, 0.1) is 5.92 Å². The summed E-state index contributed by atoms with van der Waals surface area (Å²) in [6, 6.07) is 3.63. The Hall–Kier alpha value is -2.71. The van der Waals surface area contributed by atoms with Crippen molar-refractivity contribution in [1.82, 2.24) is 10.3 Å². The van der Waals surface area contributed by atoms with Crippen LogP contribution in [0.3, 0.4) is 0 Å². The quantitative estimate of drug-likeness (QED) is 0.412. The number of nitrogens with one attached hydrogen (secondary N) is 2. The van der Waals surface area contributed by atoms with Gasteiger partial charge in [-0.25, -0.2) is 4.98 Å². The van der Waals surface area contributed by atoms with E-state index in [1.807, 2.05) is 6.07 Å². The lowest BCUT2D eigenvalue weighted by atomic mass is 9.94. The molecular formula is C20H25N3O4S. The van der Waals surface area contributed by atoms with E-state index < -0.39 is 0 Å². The molecule has 0 saturated carbocycles. The van der Waals surface area contributed by atoms with Crippen LogP contribution in [0.1, 0.15) is 29.4 Å². The van der Waals surface area contributed by atoms with Crippen LogP contribution in [-0.4, -0.2) is 37.3 Å². The van der Waals surface area contributed by atoms with Gasteiger partial charge in [-0.15, -0.1) is 0 Å². The van der Waals surface area contributed by atoms with Crippen molar-refractivity contribution < 1.29 is 18.7 Å². The highest BCUT2D eigenvalue weighted by Gasteiger charge is 2.28. The number of hydrogen-bond donors (Lipinski definition) is 2. The smallest absolute Gasteiger partial charge is 0.183 e. The fraction of sp³-hybridized carbons (Fsp3) is 0.350. The van der Waals surface area contributed by atoms with Gasteiger partial charge in [0, 0.05) is 26.2 Å². The van der Waals surface area contributed by atoms with Gasteiger partial charge in [-0.1, -0.05) is 24.0 Å². The molecule has 0 bridgehead atoms. The Morgan fingerprint density at radius 2 is 2.14 bits per heavy atom. The van der Waals surface area contributed by atoms with Crippen molar-refractivity contribution >= 4 is 28.5 Å². The molecule has 1 saturated heterocycles. The maximum atomic E-state index is 12.7. The van der Waals surface area contributed by atoms with Crippen molar-refractivity contribution in [2.45, 2.75) is 19.8 Å². The van der Waals surface area contributed by atoms with Gasteiger partial charge in [0.05, 0.1) is 12.0 Å². The lowest BCUT2D eigenvalue weighted by Gasteiger charge is -2.20. The topological polar surface area (TPSA) is 93.5 Å². The normalized spacial score (nSPS) is 14.6. The van der Waals surface area contributed by atoms with E-state index >= 15 is 0 Å². The van der Waals surface area contributed by atoms with Crippen LogP contribution in [0.15, 0.2) is 47.4 Å².